The molecule has 0 bridgehead atoms. The Kier molecular flexibility index (Phi) is 4.19. The molecule has 1 aliphatic rings. The fourth-order valence-corrected chi connectivity index (χ4v) is 3.01. The van der Waals surface area contributed by atoms with E-state index in [1.807, 2.05) is 13.8 Å². The van der Waals surface area contributed by atoms with Crippen molar-refractivity contribution in [3.05, 3.63) is 11.3 Å². The molecule has 1 aliphatic heterocycles. The molecule has 0 spiro atoms. The van der Waals surface area contributed by atoms with Gasteiger partial charge in [-0.1, -0.05) is 0 Å². The summed E-state index contributed by atoms with van der Waals surface area (Å²) in [5.41, 5.74) is 1.34. The molecule has 1 saturated heterocycles. The Hall–Kier alpha value is -1.14. The van der Waals surface area contributed by atoms with Crippen LogP contribution in [0.25, 0.3) is 0 Å². The van der Waals surface area contributed by atoms with Gasteiger partial charge >= 0.3 is 5.97 Å². The third-order valence-electron chi connectivity index (χ3n) is 3.07. The fraction of sp³-hybridized carbons (Fsp3) is 0.667. The Morgan fingerprint density at radius 2 is 2.44 bits per heavy atom. The molecule has 100 valence electrons. The standard InChI is InChI=1S/C12H19N3O2S/c1-4-17-12(16)10-8(2)14-18-11(10)13-9-5-6-15(3)7-9/h9,13H,4-7H2,1-3H3. The van der Waals surface area contributed by atoms with Crippen LogP contribution in [0, 0.1) is 6.92 Å². The van der Waals surface area contributed by atoms with Gasteiger partial charge in [0.1, 0.15) is 10.6 Å². The van der Waals surface area contributed by atoms with Gasteiger partial charge in [-0.3, -0.25) is 0 Å². The van der Waals surface area contributed by atoms with Gasteiger partial charge < -0.3 is 15.0 Å². The molecule has 0 aliphatic carbocycles. The molecule has 2 rings (SSSR count). The van der Waals surface area contributed by atoms with E-state index in [0.29, 0.717) is 18.2 Å². The lowest BCUT2D eigenvalue weighted by Crippen LogP contribution is -2.24. The summed E-state index contributed by atoms with van der Waals surface area (Å²) >= 11 is 1.34. The molecular formula is C12H19N3O2S. The minimum absolute atomic E-state index is 0.280. The van der Waals surface area contributed by atoms with Gasteiger partial charge in [0.2, 0.25) is 0 Å². The van der Waals surface area contributed by atoms with Crippen LogP contribution >= 0.6 is 11.5 Å². The maximum Gasteiger partial charge on any atom is 0.343 e. The van der Waals surface area contributed by atoms with Crippen LogP contribution in [0.3, 0.4) is 0 Å². The molecule has 6 heteroatoms. The van der Waals surface area contributed by atoms with Gasteiger partial charge in [0.05, 0.1) is 12.3 Å². The van der Waals surface area contributed by atoms with Crippen LogP contribution in [-0.4, -0.2) is 48.0 Å². The molecule has 1 unspecified atom stereocenters. The summed E-state index contributed by atoms with van der Waals surface area (Å²) in [6, 6.07) is 0.392. The van der Waals surface area contributed by atoms with E-state index in [1.165, 1.54) is 11.5 Å². The number of ether oxygens (including phenoxy) is 1. The third-order valence-corrected chi connectivity index (χ3v) is 3.94. The second kappa shape index (κ2) is 5.67. The molecule has 0 aromatic carbocycles. The molecule has 1 N–H and O–H groups in total. The topological polar surface area (TPSA) is 54.5 Å². The van der Waals surface area contributed by atoms with Crippen molar-refractivity contribution in [3.63, 3.8) is 0 Å². The van der Waals surface area contributed by atoms with Crippen molar-refractivity contribution in [3.8, 4) is 0 Å². The van der Waals surface area contributed by atoms with E-state index in [4.69, 9.17) is 4.74 Å². The first-order valence-electron chi connectivity index (χ1n) is 6.20. The largest absolute Gasteiger partial charge is 0.462 e. The predicted molar refractivity (Wildman–Crippen MR) is 72.3 cm³/mol. The molecule has 0 radical (unpaired) electrons. The maximum atomic E-state index is 11.9. The van der Waals surface area contributed by atoms with Crippen molar-refractivity contribution in [2.45, 2.75) is 26.3 Å². The lowest BCUT2D eigenvalue weighted by Gasteiger charge is -2.13. The van der Waals surface area contributed by atoms with Gasteiger partial charge in [-0.25, -0.2) is 4.79 Å². The van der Waals surface area contributed by atoms with Gasteiger partial charge in [0.25, 0.3) is 0 Å². The summed E-state index contributed by atoms with van der Waals surface area (Å²) in [6.07, 6.45) is 1.09. The van der Waals surface area contributed by atoms with Gasteiger partial charge in [0, 0.05) is 12.6 Å². The second-order valence-electron chi connectivity index (χ2n) is 4.58. The number of likely N-dealkylation sites (N-methyl/N-ethyl adjacent to an activating group) is 1. The molecule has 1 atom stereocenters. The normalized spacial score (nSPS) is 20.1. The van der Waals surface area contributed by atoms with Crippen LogP contribution in [0.4, 0.5) is 5.00 Å². The highest BCUT2D eigenvalue weighted by atomic mass is 32.1. The van der Waals surface area contributed by atoms with E-state index < -0.39 is 0 Å². The number of rotatable bonds is 4. The number of hydrogen-bond acceptors (Lipinski definition) is 6. The third kappa shape index (κ3) is 2.81. The monoisotopic (exact) mass is 269 g/mol. The molecule has 5 nitrogen and oxygen atoms in total. The number of aryl methyl sites for hydroxylation is 1. The molecule has 1 aromatic rings. The van der Waals surface area contributed by atoms with Crippen LogP contribution in [0.1, 0.15) is 29.4 Å². The van der Waals surface area contributed by atoms with E-state index in [-0.39, 0.29) is 5.97 Å². The Morgan fingerprint density at radius 1 is 1.67 bits per heavy atom. The summed E-state index contributed by atoms with van der Waals surface area (Å²) in [5, 5.41) is 4.25. The molecule has 1 fully saturated rings. The van der Waals surface area contributed by atoms with Crippen LogP contribution in [-0.2, 0) is 4.74 Å². The molecule has 2 heterocycles. The van der Waals surface area contributed by atoms with Crippen LogP contribution < -0.4 is 5.32 Å². The van der Waals surface area contributed by atoms with E-state index in [9.17, 15) is 4.79 Å². The number of hydrogen-bond donors (Lipinski definition) is 1. The van der Waals surface area contributed by atoms with Crippen molar-refractivity contribution in [1.29, 1.82) is 0 Å². The minimum atomic E-state index is -0.280. The quantitative estimate of drug-likeness (QED) is 0.844. The first-order chi connectivity index (χ1) is 8.61. The van der Waals surface area contributed by atoms with Crippen molar-refractivity contribution in [2.75, 3.05) is 32.1 Å². The Morgan fingerprint density at radius 3 is 3.06 bits per heavy atom. The average Bonchev–Trinajstić information content (AvgIpc) is 2.87. The number of nitrogens with one attached hydrogen (secondary N) is 1. The number of likely N-dealkylation sites (tertiary alicyclic amines) is 1. The summed E-state index contributed by atoms with van der Waals surface area (Å²) in [5.74, 6) is -0.280. The second-order valence-corrected chi connectivity index (χ2v) is 5.36. The first-order valence-corrected chi connectivity index (χ1v) is 6.97. The smallest absolute Gasteiger partial charge is 0.343 e. The van der Waals surface area contributed by atoms with Gasteiger partial charge in [0.15, 0.2) is 0 Å². The zero-order valence-electron chi connectivity index (χ0n) is 11.0. The highest BCUT2D eigenvalue weighted by molar-refractivity contribution is 7.10. The van der Waals surface area contributed by atoms with E-state index >= 15 is 0 Å². The Bertz CT molecular complexity index is 433. The minimum Gasteiger partial charge on any atom is -0.462 e. The number of anilines is 1. The Labute approximate surface area is 111 Å². The molecular weight excluding hydrogens is 250 g/mol. The lowest BCUT2D eigenvalue weighted by molar-refractivity contribution is 0.0527. The Balaban J connectivity index is 2.11. The van der Waals surface area contributed by atoms with E-state index in [2.05, 4.69) is 21.6 Å². The summed E-state index contributed by atoms with van der Waals surface area (Å²) in [4.78, 5) is 14.2. The molecule has 0 saturated carbocycles. The van der Waals surface area contributed by atoms with Gasteiger partial charge in [-0.05, 0) is 45.4 Å². The zero-order chi connectivity index (χ0) is 13.1. The maximum absolute atomic E-state index is 11.9. The van der Waals surface area contributed by atoms with Crippen molar-refractivity contribution < 1.29 is 9.53 Å². The summed E-state index contributed by atoms with van der Waals surface area (Å²) < 4.78 is 9.32. The van der Waals surface area contributed by atoms with Gasteiger partial charge in [-0.2, -0.15) is 4.37 Å². The summed E-state index contributed by atoms with van der Waals surface area (Å²) in [7, 11) is 2.10. The number of carbonyl (C=O) groups is 1. The van der Waals surface area contributed by atoms with Crippen molar-refractivity contribution in [1.82, 2.24) is 9.27 Å². The molecule has 18 heavy (non-hydrogen) atoms. The SMILES string of the molecule is CCOC(=O)c1c(C)nsc1NC1CCN(C)C1. The zero-order valence-corrected chi connectivity index (χ0v) is 11.8. The van der Waals surface area contributed by atoms with Crippen molar-refractivity contribution >= 4 is 22.5 Å². The highest BCUT2D eigenvalue weighted by Crippen LogP contribution is 2.27. The molecule has 1 aromatic heterocycles. The van der Waals surface area contributed by atoms with Crippen LogP contribution in [0.15, 0.2) is 0 Å². The van der Waals surface area contributed by atoms with Crippen molar-refractivity contribution in [2.24, 2.45) is 0 Å². The molecule has 0 amide bonds. The number of carbonyl (C=O) groups excluding carboxylic acids is 1. The van der Waals surface area contributed by atoms with Gasteiger partial charge in [-0.15, -0.1) is 0 Å². The highest BCUT2D eigenvalue weighted by Gasteiger charge is 2.24. The number of nitrogens with zero attached hydrogens (tertiary/aromatic N) is 2. The average molecular weight is 269 g/mol. The lowest BCUT2D eigenvalue weighted by atomic mass is 10.2. The van der Waals surface area contributed by atoms with Crippen LogP contribution in [0.2, 0.25) is 0 Å². The van der Waals surface area contributed by atoms with E-state index in [0.717, 1.165) is 30.2 Å². The first kappa shape index (κ1) is 13.3. The predicted octanol–water partition coefficient (Wildman–Crippen LogP) is 1.74. The van der Waals surface area contributed by atoms with Crippen LogP contribution in [0.5, 0.6) is 0 Å². The number of aromatic nitrogens is 1. The fourth-order valence-electron chi connectivity index (χ4n) is 2.15. The van der Waals surface area contributed by atoms with E-state index in [1.54, 1.807) is 0 Å². The number of esters is 1. The summed E-state index contributed by atoms with van der Waals surface area (Å²) in [6.45, 7) is 6.13.